The lowest BCUT2D eigenvalue weighted by atomic mass is 9.98. The molecule has 0 aliphatic carbocycles. The van der Waals surface area contributed by atoms with Crippen molar-refractivity contribution < 1.29 is 66.5 Å². The van der Waals surface area contributed by atoms with E-state index in [2.05, 4.69) is 41.9 Å². The average molecular weight is 1100 g/mol. The van der Waals surface area contributed by atoms with Crippen molar-refractivity contribution >= 4 is 64.9 Å². The molecular formula is C47H75F3N16O11. The number of rotatable bonds is 33. The standard InChI is InChI=1S/C47H75F3N16O11/c1-26(60-43(74)37(35(67)24-54)65-39(70)29(55)13-4-6-18-51)38(69)59-25-36(68)61-31(15-8-20-53)44(75)66-22-10-17-34(66)42(73)64-33(23-27-11-2-3-12-28(27)47(48,49)50)41(72)62-30(14-5-7-19-52)40(71)63-32(45(76)77)16-9-21-58-46(56)57/h2-3,11-12,16,26,29-30,33-35,37,67H,4-10,13-15,17-25,51-55H2,1H3,(H,59,69)(H,60,74)(H,62,72)(H,63,71)(H,64,73)(H,65,70)(H,76,77)(H4,56,57,58)/b32-16-,61-31?/t26-,29-,30-,33-,34-,35-,37-/m0/s1. The maximum absolute atomic E-state index is 14.3. The largest absolute Gasteiger partial charge is 0.477 e. The number of nitrogens with two attached hydrogens (primary N) is 7. The van der Waals surface area contributed by atoms with E-state index in [0.717, 1.165) is 29.2 Å². The van der Waals surface area contributed by atoms with Gasteiger partial charge in [0.25, 0.3) is 11.8 Å². The number of guanidine groups is 1. The molecule has 1 aliphatic rings. The summed E-state index contributed by atoms with van der Waals surface area (Å²) in [6, 6.07) is -4.48. The SMILES string of the molecule is C[C@H](NC(=O)[C@@H](NC(=O)[C@@H](N)CCCCN)[C@@H](O)CN)C(=O)NCC(=O)N=C(CCCN)C(=O)N1CCC[C@H]1C(=O)N[C@@H](Cc1ccccc1C(F)(F)F)C(=O)N[C@@H](CCCCN)C(=O)N/C(=C\CCN=C(N)N)C(=O)O. The summed E-state index contributed by atoms with van der Waals surface area (Å²) in [4.78, 5) is 129. The van der Waals surface area contributed by atoms with Gasteiger partial charge >= 0.3 is 12.1 Å². The van der Waals surface area contributed by atoms with Crippen molar-refractivity contribution in [2.24, 2.45) is 50.1 Å². The predicted octanol–water partition coefficient (Wildman–Crippen LogP) is -4.33. The Hall–Kier alpha value is -7.12. The molecule has 1 aliphatic heterocycles. The summed E-state index contributed by atoms with van der Waals surface area (Å²) in [7, 11) is 0. The van der Waals surface area contributed by atoms with Crippen LogP contribution in [0.25, 0.3) is 0 Å². The first-order valence-corrected chi connectivity index (χ1v) is 25.0. The molecule has 1 saturated heterocycles. The maximum atomic E-state index is 14.3. The summed E-state index contributed by atoms with van der Waals surface area (Å²) >= 11 is 0. The third-order valence-corrected chi connectivity index (χ3v) is 11.8. The first-order chi connectivity index (χ1) is 36.4. The van der Waals surface area contributed by atoms with Crippen molar-refractivity contribution in [2.45, 2.75) is 133 Å². The number of halogens is 3. The van der Waals surface area contributed by atoms with Crippen LogP contribution in [0.2, 0.25) is 0 Å². The summed E-state index contributed by atoms with van der Waals surface area (Å²) in [6.07, 6.45) is -4.28. The van der Waals surface area contributed by atoms with Crippen molar-refractivity contribution in [2.75, 3.05) is 45.8 Å². The van der Waals surface area contributed by atoms with E-state index in [4.69, 9.17) is 40.1 Å². The number of carboxylic acids is 1. The van der Waals surface area contributed by atoms with Crippen molar-refractivity contribution in [3.8, 4) is 0 Å². The van der Waals surface area contributed by atoms with Crippen molar-refractivity contribution in [3.63, 3.8) is 0 Å². The van der Waals surface area contributed by atoms with Crippen LogP contribution in [-0.2, 0) is 55.7 Å². The second kappa shape index (κ2) is 33.8. The van der Waals surface area contributed by atoms with Crippen LogP contribution in [0, 0.1) is 0 Å². The predicted molar refractivity (Wildman–Crippen MR) is 275 cm³/mol. The third-order valence-electron chi connectivity index (χ3n) is 11.8. The number of unbranched alkanes of at least 4 members (excludes halogenated alkanes) is 2. The fourth-order valence-electron chi connectivity index (χ4n) is 7.70. The van der Waals surface area contributed by atoms with Crippen LogP contribution in [-0.4, -0.2) is 168 Å². The van der Waals surface area contributed by atoms with Gasteiger partial charge in [0.1, 0.15) is 41.6 Å². The Morgan fingerprint density at radius 2 is 1.47 bits per heavy atom. The van der Waals surface area contributed by atoms with Crippen LogP contribution in [0.3, 0.4) is 0 Å². The normalized spacial score (nSPS) is 16.1. The number of aliphatic hydroxyl groups excluding tert-OH is 1. The smallest absolute Gasteiger partial charge is 0.416 e. The quantitative estimate of drug-likeness (QED) is 0.0137. The highest BCUT2D eigenvalue weighted by molar-refractivity contribution is 6.40. The van der Waals surface area contributed by atoms with E-state index >= 15 is 0 Å². The van der Waals surface area contributed by atoms with Gasteiger partial charge in [-0.25, -0.2) is 9.79 Å². The fraction of sp³-hybridized carbons (Fsp3) is 0.596. The molecule has 0 aromatic heterocycles. The second-order valence-corrected chi connectivity index (χ2v) is 17.9. The van der Waals surface area contributed by atoms with Gasteiger partial charge in [-0.1, -0.05) is 30.7 Å². The van der Waals surface area contributed by atoms with Crippen molar-refractivity contribution in [1.29, 1.82) is 0 Å². The molecule has 7 atom stereocenters. The van der Waals surface area contributed by atoms with Gasteiger partial charge in [0, 0.05) is 26.1 Å². The third kappa shape index (κ3) is 22.9. The van der Waals surface area contributed by atoms with E-state index in [0.29, 0.717) is 25.8 Å². The van der Waals surface area contributed by atoms with Crippen LogP contribution in [0.5, 0.6) is 0 Å². The Morgan fingerprint density at radius 3 is 2.08 bits per heavy atom. The topological polar surface area (TPSA) is 476 Å². The number of hydrogen-bond donors (Lipinski definition) is 15. The molecule has 0 unspecified atom stereocenters. The molecule has 0 saturated carbocycles. The lowest BCUT2D eigenvalue weighted by Gasteiger charge is -2.28. The second-order valence-electron chi connectivity index (χ2n) is 17.9. The van der Waals surface area contributed by atoms with Crippen LogP contribution < -0.4 is 72.0 Å². The number of likely N-dealkylation sites (tertiary alicyclic amines) is 1. The number of aliphatic carboxylic acids is 1. The number of carbonyl (C=O) groups excluding carboxylic acids is 8. The Kier molecular flexibility index (Phi) is 29.0. The molecular weight excluding hydrogens is 1020 g/mol. The minimum absolute atomic E-state index is 0.0190. The van der Waals surface area contributed by atoms with Gasteiger partial charge in [-0.15, -0.1) is 0 Å². The molecule has 1 fully saturated rings. The Morgan fingerprint density at radius 1 is 0.818 bits per heavy atom. The first kappa shape index (κ1) is 66.0. The van der Waals surface area contributed by atoms with E-state index in [-0.39, 0.29) is 89.2 Å². The summed E-state index contributed by atoms with van der Waals surface area (Å²) in [5.74, 6) is -9.64. The molecule has 0 bridgehead atoms. The number of amides is 8. The molecule has 27 nitrogen and oxygen atoms in total. The summed E-state index contributed by atoms with van der Waals surface area (Å²) < 4.78 is 42.8. The fourth-order valence-corrected chi connectivity index (χ4v) is 7.70. The van der Waals surface area contributed by atoms with Crippen LogP contribution in [0.4, 0.5) is 13.2 Å². The molecule has 2 rings (SSSR count). The summed E-state index contributed by atoms with van der Waals surface area (Å²) in [5, 5.41) is 34.2. The Labute approximate surface area is 442 Å². The van der Waals surface area contributed by atoms with Gasteiger partial charge in [0.05, 0.1) is 24.3 Å². The van der Waals surface area contributed by atoms with E-state index in [1.165, 1.54) is 13.0 Å². The molecule has 30 heteroatoms. The number of benzene rings is 1. The molecule has 0 radical (unpaired) electrons. The van der Waals surface area contributed by atoms with E-state index in [1.54, 1.807) is 0 Å². The number of aliphatic imine (C=N–C) groups is 2. The molecule has 1 heterocycles. The van der Waals surface area contributed by atoms with Crippen molar-refractivity contribution in [1.82, 2.24) is 36.8 Å². The van der Waals surface area contributed by atoms with Crippen LogP contribution in [0.15, 0.2) is 46.0 Å². The number of carbonyl (C=O) groups is 9. The van der Waals surface area contributed by atoms with Gasteiger partial charge in [0.15, 0.2) is 5.96 Å². The maximum Gasteiger partial charge on any atom is 0.416 e. The van der Waals surface area contributed by atoms with Gasteiger partial charge in [0.2, 0.25) is 35.4 Å². The van der Waals surface area contributed by atoms with Gasteiger partial charge in [-0.3, -0.25) is 43.3 Å². The van der Waals surface area contributed by atoms with Gasteiger partial charge in [-0.05, 0) is 102 Å². The van der Waals surface area contributed by atoms with E-state index < -0.39 is 138 Å². The lowest BCUT2D eigenvalue weighted by Crippen LogP contribution is -2.60. The Bertz CT molecular complexity index is 2280. The highest BCUT2D eigenvalue weighted by atomic mass is 19.4. The molecule has 1 aromatic rings. The highest BCUT2D eigenvalue weighted by Crippen LogP contribution is 2.32. The van der Waals surface area contributed by atoms with Gasteiger partial charge in [-0.2, -0.15) is 13.2 Å². The zero-order valence-electron chi connectivity index (χ0n) is 42.9. The minimum Gasteiger partial charge on any atom is -0.477 e. The van der Waals surface area contributed by atoms with E-state index in [9.17, 15) is 66.5 Å². The molecule has 430 valence electrons. The van der Waals surface area contributed by atoms with E-state index in [1.807, 2.05) is 0 Å². The Balaban J connectivity index is 2.39. The van der Waals surface area contributed by atoms with Gasteiger partial charge < -0.3 is 87.1 Å². The number of hydrogen-bond acceptors (Lipinski definition) is 16. The zero-order valence-corrected chi connectivity index (χ0v) is 42.9. The number of carboxylic acid groups (broad SMARTS) is 1. The molecule has 8 amide bonds. The number of aliphatic hydroxyl groups is 1. The lowest BCUT2D eigenvalue weighted by molar-refractivity contribution is -0.139. The summed E-state index contributed by atoms with van der Waals surface area (Å²) in [5.41, 5.74) is 36.4. The highest BCUT2D eigenvalue weighted by Gasteiger charge is 2.40. The summed E-state index contributed by atoms with van der Waals surface area (Å²) in [6.45, 7) is 0.422. The van der Waals surface area contributed by atoms with Crippen LogP contribution >= 0.6 is 0 Å². The molecule has 1 aromatic carbocycles. The number of alkyl halides is 3. The zero-order chi connectivity index (χ0) is 57.8. The molecule has 0 spiro atoms. The van der Waals surface area contributed by atoms with Crippen LogP contribution in [0.1, 0.15) is 88.7 Å². The first-order valence-electron chi connectivity index (χ1n) is 25.0. The minimum atomic E-state index is -4.91. The van der Waals surface area contributed by atoms with Crippen molar-refractivity contribution in [3.05, 3.63) is 47.2 Å². The number of nitrogens with one attached hydrogen (secondary N) is 6. The molecule has 22 N–H and O–H groups in total. The molecule has 77 heavy (non-hydrogen) atoms. The monoisotopic (exact) mass is 1100 g/mol. The number of nitrogens with zero attached hydrogens (tertiary/aromatic N) is 3. The average Bonchev–Trinajstić information content (AvgIpc) is 3.88.